The highest BCUT2D eigenvalue weighted by Crippen LogP contribution is 2.38. The SMILES string of the molecule is CN=C(NCC1(C(=O)N(C)C)CCCC1)NC1CCN(C(C)=O)CC1.I. The number of likely N-dealkylation sites (tertiary alicyclic amines) is 1. The maximum Gasteiger partial charge on any atom is 0.230 e. The first-order chi connectivity index (χ1) is 11.9. The van der Waals surface area contributed by atoms with Gasteiger partial charge in [-0.3, -0.25) is 14.6 Å². The van der Waals surface area contributed by atoms with Crippen molar-refractivity contribution in [1.82, 2.24) is 20.4 Å². The average molecular weight is 479 g/mol. The van der Waals surface area contributed by atoms with Gasteiger partial charge in [0.1, 0.15) is 0 Å². The Balaban J connectivity index is 0.00000338. The largest absolute Gasteiger partial charge is 0.355 e. The molecular weight excluding hydrogens is 445 g/mol. The van der Waals surface area contributed by atoms with Gasteiger partial charge in [-0.1, -0.05) is 12.8 Å². The predicted octanol–water partition coefficient (Wildman–Crippen LogP) is 1.43. The number of hydrogen-bond acceptors (Lipinski definition) is 3. The first kappa shape index (κ1) is 23.0. The zero-order valence-electron chi connectivity index (χ0n) is 16.5. The molecule has 0 atom stereocenters. The molecular formula is C18H34IN5O2. The number of rotatable bonds is 4. The number of carbonyl (C=O) groups is 2. The molecule has 26 heavy (non-hydrogen) atoms. The molecule has 0 aromatic rings. The molecule has 0 unspecified atom stereocenters. The minimum atomic E-state index is -0.306. The van der Waals surface area contributed by atoms with Crippen LogP contribution >= 0.6 is 24.0 Å². The van der Waals surface area contributed by atoms with Crippen molar-refractivity contribution in [3.05, 3.63) is 0 Å². The molecule has 2 fully saturated rings. The van der Waals surface area contributed by atoms with E-state index in [1.807, 2.05) is 19.0 Å². The van der Waals surface area contributed by atoms with Crippen LogP contribution < -0.4 is 10.6 Å². The lowest BCUT2D eigenvalue weighted by atomic mass is 9.84. The Morgan fingerprint density at radius 3 is 2.23 bits per heavy atom. The van der Waals surface area contributed by atoms with Gasteiger partial charge in [-0.15, -0.1) is 24.0 Å². The van der Waals surface area contributed by atoms with Gasteiger partial charge in [0, 0.05) is 53.7 Å². The van der Waals surface area contributed by atoms with E-state index < -0.39 is 0 Å². The first-order valence-corrected chi connectivity index (χ1v) is 9.32. The van der Waals surface area contributed by atoms with Crippen LogP contribution in [0.3, 0.4) is 0 Å². The molecule has 2 aliphatic rings. The van der Waals surface area contributed by atoms with Crippen LogP contribution in [0.15, 0.2) is 4.99 Å². The predicted molar refractivity (Wildman–Crippen MR) is 115 cm³/mol. The van der Waals surface area contributed by atoms with Gasteiger partial charge < -0.3 is 20.4 Å². The average Bonchev–Trinajstić information content (AvgIpc) is 3.08. The van der Waals surface area contributed by atoms with Crippen LogP contribution in [-0.2, 0) is 9.59 Å². The number of nitrogens with one attached hydrogen (secondary N) is 2. The van der Waals surface area contributed by atoms with Gasteiger partial charge in [-0.05, 0) is 25.7 Å². The molecule has 7 nitrogen and oxygen atoms in total. The van der Waals surface area contributed by atoms with Crippen molar-refractivity contribution in [2.75, 3.05) is 40.8 Å². The van der Waals surface area contributed by atoms with Crippen molar-refractivity contribution in [2.45, 2.75) is 51.5 Å². The summed E-state index contributed by atoms with van der Waals surface area (Å²) in [6.07, 6.45) is 5.92. The summed E-state index contributed by atoms with van der Waals surface area (Å²) in [6, 6.07) is 0.311. The number of hydrogen-bond donors (Lipinski definition) is 2. The van der Waals surface area contributed by atoms with Gasteiger partial charge in [0.25, 0.3) is 0 Å². The van der Waals surface area contributed by atoms with E-state index in [4.69, 9.17) is 0 Å². The van der Waals surface area contributed by atoms with Crippen LogP contribution in [0.1, 0.15) is 45.4 Å². The van der Waals surface area contributed by atoms with Crippen LogP contribution in [0.4, 0.5) is 0 Å². The van der Waals surface area contributed by atoms with Gasteiger partial charge in [0.05, 0.1) is 5.41 Å². The number of nitrogens with zero attached hydrogens (tertiary/aromatic N) is 3. The fourth-order valence-electron chi connectivity index (χ4n) is 3.97. The van der Waals surface area contributed by atoms with Crippen molar-refractivity contribution >= 4 is 41.8 Å². The molecule has 0 radical (unpaired) electrons. The fourth-order valence-corrected chi connectivity index (χ4v) is 3.97. The zero-order chi connectivity index (χ0) is 18.4. The van der Waals surface area contributed by atoms with E-state index in [2.05, 4.69) is 15.6 Å². The van der Waals surface area contributed by atoms with Crippen LogP contribution in [-0.4, -0.2) is 74.4 Å². The molecule has 0 bridgehead atoms. The Bertz CT molecular complexity index is 510. The summed E-state index contributed by atoms with van der Waals surface area (Å²) in [5.74, 6) is 1.10. The van der Waals surface area contributed by atoms with Crippen LogP contribution in [0, 0.1) is 5.41 Å². The third kappa shape index (κ3) is 5.72. The number of carbonyl (C=O) groups excluding carboxylic acids is 2. The number of aliphatic imine (C=N–C) groups is 1. The molecule has 0 aromatic carbocycles. The Labute approximate surface area is 174 Å². The lowest BCUT2D eigenvalue weighted by molar-refractivity contribution is -0.138. The van der Waals surface area contributed by atoms with E-state index in [0.717, 1.165) is 57.6 Å². The second-order valence-corrected chi connectivity index (χ2v) is 7.54. The zero-order valence-corrected chi connectivity index (χ0v) is 18.8. The monoisotopic (exact) mass is 479 g/mol. The number of guanidine groups is 1. The highest BCUT2D eigenvalue weighted by Gasteiger charge is 2.42. The Hall–Kier alpha value is -1.06. The van der Waals surface area contributed by atoms with Crippen LogP contribution in [0.5, 0.6) is 0 Å². The maximum absolute atomic E-state index is 12.6. The lowest BCUT2D eigenvalue weighted by Crippen LogP contribution is -2.53. The smallest absolute Gasteiger partial charge is 0.230 e. The van der Waals surface area contributed by atoms with Crippen molar-refractivity contribution in [3.8, 4) is 0 Å². The van der Waals surface area contributed by atoms with Crippen molar-refractivity contribution in [2.24, 2.45) is 10.4 Å². The standard InChI is InChI=1S/C18H33N5O2.HI/c1-14(24)23-11-7-15(8-12-23)21-17(19-2)20-13-18(9-5-6-10-18)16(25)22(3)4;/h15H,5-13H2,1-4H3,(H2,19,20,21);1H. The third-order valence-corrected chi connectivity index (χ3v) is 5.52. The van der Waals surface area contributed by atoms with Gasteiger partial charge >= 0.3 is 0 Å². The molecule has 150 valence electrons. The number of halogens is 1. The van der Waals surface area contributed by atoms with E-state index >= 15 is 0 Å². The summed E-state index contributed by atoms with van der Waals surface area (Å²) in [5.41, 5.74) is -0.306. The highest BCUT2D eigenvalue weighted by molar-refractivity contribution is 14.0. The summed E-state index contributed by atoms with van der Waals surface area (Å²) in [7, 11) is 5.42. The van der Waals surface area contributed by atoms with E-state index in [1.165, 1.54) is 0 Å². The summed E-state index contributed by atoms with van der Waals surface area (Å²) in [4.78, 5) is 32.0. The van der Waals surface area contributed by atoms with E-state index in [1.54, 1.807) is 18.9 Å². The Morgan fingerprint density at radius 1 is 1.19 bits per heavy atom. The van der Waals surface area contributed by atoms with E-state index in [-0.39, 0.29) is 41.2 Å². The molecule has 2 amide bonds. The molecule has 8 heteroatoms. The van der Waals surface area contributed by atoms with Gasteiger partial charge in [-0.2, -0.15) is 0 Å². The molecule has 1 saturated carbocycles. The molecule has 0 aromatic heterocycles. The summed E-state index contributed by atoms with van der Waals surface area (Å²) in [6.45, 7) is 3.81. The Morgan fingerprint density at radius 2 is 1.77 bits per heavy atom. The molecule has 1 saturated heterocycles. The summed E-state index contributed by atoms with van der Waals surface area (Å²) >= 11 is 0. The fraction of sp³-hybridized carbons (Fsp3) is 0.833. The third-order valence-electron chi connectivity index (χ3n) is 5.52. The van der Waals surface area contributed by atoms with E-state index in [0.29, 0.717) is 12.6 Å². The van der Waals surface area contributed by atoms with E-state index in [9.17, 15) is 9.59 Å². The molecule has 2 N–H and O–H groups in total. The lowest BCUT2D eigenvalue weighted by Gasteiger charge is -2.34. The van der Waals surface area contributed by atoms with Crippen molar-refractivity contribution < 1.29 is 9.59 Å². The van der Waals surface area contributed by atoms with Crippen LogP contribution in [0.25, 0.3) is 0 Å². The van der Waals surface area contributed by atoms with Crippen LogP contribution in [0.2, 0.25) is 0 Å². The molecule has 1 heterocycles. The quantitative estimate of drug-likeness (QED) is 0.364. The van der Waals surface area contributed by atoms with Crippen molar-refractivity contribution in [3.63, 3.8) is 0 Å². The number of amides is 2. The Kier molecular flexibility index (Phi) is 9.12. The molecule has 0 spiro atoms. The first-order valence-electron chi connectivity index (χ1n) is 9.32. The maximum atomic E-state index is 12.6. The van der Waals surface area contributed by atoms with Gasteiger partial charge in [0.2, 0.25) is 11.8 Å². The minimum absolute atomic E-state index is 0. The minimum Gasteiger partial charge on any atom is -0.355 e. The second-order valence-electron chi connectivity index (χ2n) is 7.54. The number of piperidine rings is 1. The van der Waals surface area contributed by atoms with Gasteiger partial charge in [0.15, 0.2) is 5.96 Å². The molecule has 2 rings (SSSR count). The molecule has 1 aliphatic carbocycles. The summed E-state index contributed by atoms with van der Waals surface area (Å²) in [5, 5.41) is 6.83. The van der Waals surface area contributed by atoms with Gasteiger partial charge in [-0.25, -0.2) is 0 Å². The normalized spacial score (nSPS) is 20.3. The second kappa shape index (κ2) is 10.3. The van der Waals surface area contributed by atoms with Crippen molar-refractivity contribution in [1.29, 1.82) is 0 Å². The highest BCUT2D eigenvalue weighted by atomic mass is 127. The summed E-state index contributed by atoms with van der Waals surface area (Å²) < 4.78 is 0. The topological polar surface area (TPSA) is 77.0 Å². The molecule has 1 aliphatic heterocycles.